The number of rotatable bonds is 2. The van der Waals surface area contributed by atoms with Crippen molar-refractivity contribution in [1.29, 1.82) is 0 Å². The van der Waals surface area contributed by atoms with E-state index in [0.29, 0.717) is 10.2 Å². The van der Waals surface area contributed by atoms with Gasteiger partial charge in [0, 0.05) is 12.3 Å². The van der Waals surface area contributed by atoms with E-state index in [0.717, 1.165) is 0 Å². The van der Waals surface area contributed by atoms with E-state index in [9.17, 15) is 4.79 Å². The summed E-state index contributed by atoms with van der Waals surface area (Å²) < 4.78 is 0. The van der Waals surface area contributed by atoms with Gasteiger partial charge in [-0.05, 0) is 18.4 Å². The minimum atomic E-state index is -1.97. The molecule has 1 unspecified atom stereocenters. The first-order chi connectivity index (χ1) is 8.00. The van der Waals surface area contributed by atoms with Crippen molar-refractivity contribution in [2.75, 3.05) is 12.0 Å². The van der Waals surface area contributed by atoms with Crippen molar-refractivity contribution in [2.24, 2.45) is 0 Å². The highest BCUT2D eigenvalue weighted by molar-refractivity contribution is 8.50. The zero-order chi connectivity index (χ0) is 12.5. The van der Waals surface area contributed by atoms with Gasteiger partial charge < -0.3 is 10.7 Å². The van der Waals surface area contributed by atoms with E-state index in [1.165, 1.54) is 6.07 Å². The number of nitrogens with zero attached hydrogens (tertiary/aromatic N) is 2. The van der Waals surface area contributed by atoms with Crippen molar-refractivity contribution in [3.8, 4) is 0 Å². The zero-order valence-corrected chi connectivity index (χ0v) is 10.6. The van der Waals surface area contributed by atoms with Crippen LogP contribution in [0, 0.1) is 0 Å². The molecule has 1 atom stereocenters. The lowest BCUT2D eigenvalue weighted by molar-refractivity contribution is 0.931. The molecule has 2 aromatic rings. The van der Waals surface area contributed by atoms with E-state index in [1.807, 2.05) is 6.07 Å². The Balaban J connectivity index is 2.55. The molecule has 0 fully saturated rings. The minimum absolute atomic E-state index is 0.152. The van der Waals surface area contributed by atoms with Crippen LogP contribution in [0.5, 0.6) is 0 Å². The van der Waals surface area contributed by atoms with E-state index in [2.05, 4.69) is 15.0 Å². The van der Waals surface area contributed by atoms with Gasteiger partial charge in [0.1, 0.15) is 5.82 Å². The maximum Gasteiger partial charge on any atom is 0.253 e. The topological polar surface area (TPSA) is 84.7 Å². The maximum atomic E-state index is 11.3. The zero-order valence-electron chi connectivity index (χ0n) is 9.05. The molecule has 0 aliphatic heterocycles. The molecule has 17 heavy (non-hydrogen) atoms. The molecule has 0 aliphatic rings. The number of hydrogen-bond donors (Lipinski definition) is 2. The van der Waals surface area contributed by atoms with Gasteiger partial charge in [-0.1, -0.05) is 26.0 Å². The Morgan fingerprint density at radius 2 is 2.24 bits per heavy atom. The summed E-state index contributed by atoms with van der Waals surface area (Å²) in [6.07, 6.45) is 3.43. The van der Waals surface area contributed by atoms with Gasteiger partial charge in [0.25, 0.3) is 5.56 Å². The second kappa shape index (κ2) is 4.38. The number of anilines is 1. The van der Waals surface area contributed by atoms with Gasteiger partial charge in [-0.3, -0.25) is 4.79 Å². The van der Waals surface area contributed by atoms with Crippen LogP contribution in [-0.4, -0.2) is 21.2 Å². The molecule has 0 saturated heterocycles. The Kier molecular flexibility index (Phi) is 3.08. The molecule has 7 heteroatoms. The van der Waals surface area contributed by atoms with Crippen LogP contribution >= 0.6 is 19.9 Å². The lowest BCUT2D eigenvalue weighted by Crippen LogP contribution is -2.13. The molecule has 0 saturated carbocycles. The molecule has 2 aromatic heterocycles. The quantitative estimate of drug-likeness (QED) is 0.814. The van der Waals surface area contributed by atoms with Gasteiger partial charge in [-0.25, -0.2) is 9.97 Å². The van der Waals surface area contributed by atoms with E-state index in [4.69, 9.17) is 16.4 Å². The SMILES string of the molecule is CS(Cl)(c1ccccn1)c1nc(N)cc(=O)[nH]1. The third-order valence-corrected chi connectivity index (χ3v) is 4.99. The number of nitrogens with two attached hydrogens (primary N) is 1. The van der Waals surface area contributed by atoms with E-state index in [1.54, 1.807) is 24.6 Å². The van der Waals surface area contributed by atoms with E-state index >= 15 is 0 Å². The van der Waals surface area contributed by atoms with Crippen molar-refractivity contribution in [3.63, 3.8) is 0 Å². The van der Waals surface area contributed by atoms with Crippen LogP contribution in [0.2, 0.25) is 0 Å². The van der Waals surface area contributed by atoms with Gasteiger partial charge in [0.15, 0.2) is 5.16 Å². The summed E-state index contributed by atoms with van der Waals surface area (Å²) in [5.41, 5.74) is 5.22. The van der Waals surface area contributed by atoms with Crippen LogP contribution in [0.15, 0.2) is 45.4 Å². The van der Waals surface area contributed by atoms with Crippen molar-refractivity contribution in [3.05, 3.63) is 40.8 Å². The number of nitrogens with one attached hydrogen (secondary N) is 1. The van der Waals surface area contributed by atoms with Crippen LogP contribution in [0.25, 0.3) is 0 Å². The Labute approximate surface area is 104 Å². The molecule has 0 radical (unpaired) electrons. The number of pyridine rings is 1. The smallest absolute Gasteiger partial charge is 0.253 e. The first kappa shape index (κ1) is 11.9. The number of hydrogen-bond acceptors (Lipinski definition) is 4. The monoisotopic (exact) mass is 270 g/mol. The molecule has 0 aliphatic carbocycles. The van der Waals surface area contributed by atoms with Crippen LogP contribution in [-0.2, 0) is 0 Å². The average molecular weight is 271 g/mol. The highest BCUT2D eigenvalue weighted by atomic mass is 35.7. The third kappa shape index (κ3) is 2.42. The molecule has 2 heterocycles. The van der Waals surface area contributed by atoms with E-state index in [-0.39, 0.29) is 11.4 Å². The lowest BCUT2D eigenvalue weighted by Gasteiger charge is -2.25. The number of H-pyrrole nitrogens is 1. The van der Waals surface area contributed by atoms with Gasteiger partial charge in [0.2, 0.25) is 0 Å². The Morgan fingerprint density at radius 1 is 1.47 bits per heavy atom. The van der Waals surface area contributed by atoms with Crippen molar-refractivity contribution < 1.29 is 0 Å². The standard InChI is InChI=1S/C10H11ClN4OS/c1-17(11,9-4-2-3-5-13-9)10-14-7(12)6-8(16)15-10/h2-6H,1H3,(H3,12,14,15,16). The van der Waals surface area contributed by atoms with Gasteiger partial charge in [0.05, 0.1) is 5.03 Å². The largest absolute Gasteiger partial charge is 0.383 e. The summed E-state index contributed by atoms with van der Waals surface area (Å²) in [5.74, 6) is 0.152. The van der Waals surface area contributed by atoms with Crippen molar-refractivity contribution in [2.45, 2.75) is 10.2 Å². The molecule has 0 spiro atoms. The second-order valence-electron chi connectivity index (χ2n) is 3.46. The number of nitrogen functional groups attached to an aromatic ring is 1. The van der Waals surface area contributed by atoms with Crippen molar-refractivity contribution in [1.82, 2.24) is 15.0 Å². The molecule has 0 amide bonds. The maximum absolute atomic E-state index is 11.3. The molecule has 0 aromatic carbocycles. The number of aromatic amines is 1. The van der Waals surface area contributed by atoms with Crippen LogP contribution in [0.3, 0.4) is 0 Å². The van der Waals surface area contributed by atoms with Gasteiger partial charge in [-0.15, -0.1) is 0 Å². The summed E-state index contributed by atoms with van der Waals surface area (Å²) >= 11 is 0. The summed E-state index contributed by atoms with van der Waals surface area (Å²) in [5, 5.41) is 1.04. The summed E-state index contributed by atoms with van der Waals surface area (Å²) in [4.78, 5) is 22.2. The van der Waals surface area contributed by atoms with E-state index < -0.39 is 9.24 Å². The van der Waals surface area contributed by atoms with Crippen LogP contribution < -0.4 is 11.3 Å². The molecular formula is C10H11ClN4OS. The predicted molar refractivity (Wildman–Crippen MR) is 69.4 cm³/mol. The molecule has 5 nitrogen and oxygen atoms in total. The van der Waals surface area contributed by atoms with Crippen LogP contribution in [0.4, 0.5) is 5.82 Å². The summed E-state index contributed by atoms with van der Waals surface area (Å²) in [6, 6.07) is 6.64. The Morgan fingerprint density at radius 3 is 2.82 bits per heavy atom. The number of aromatic nitrogens is 3. The number of halogens is 1. The lowest BCUT2D eigenvalue weighted by atomic mass is 10.5. The fraction of sp³-hybridized carbons (Fsp3) is 0.100. The Hall–Kier alpha value is -1.53. The normalized spacial score (nSPS) is 16.1. The van der Waals surface area contributed by atoms with Crippen LogP contribution in [0.1, 0.15) is 0 Å². The third-order valence-electron chi connectivity index (χ3n) is 2.13. The average Bonchev–Trinajstić information content (AvgIpc) is 2.29. The highest BCUT2D eigenvalue weighted by Gasteiger charge is 2.24. The highest BCUT2D eigenvalue weighted by Crippen LogP contribution is 2.61. The molecule has 90 valence electrons. The summed E-state index contributed by atoms with van der Waals surface area (Å²) in [6.45, 7) is 0. The Bertz CT molecular complexity index is 584. The summed E-state index contributed by atoms with van der Waals surface area (Å²) in [7, 11) is 4.49. The molecular weight excluding hydrogens is 260 g/mol. The minimum Gasteiger partial charge on any atom is -0.383 e. The first-order valence-corrected chi connectivity index (χ1v) is 7.63. The fourth-order valence-corrected chi connectivity index (χ4v) is 3.16. The first-order valence-electron chi connectivity index (χ1n) is 4.76. The molecule has 2 rings (SSSR count). The molecule has 3 N–H and O–H groups in total. The fourth-order valence-electron chi connectivity index (χ4n) is 1.31. The molecule has 0 bridgehead atoms. The predicted octanol–water partition coefficient (Wildman–Crippen LogP) is 1.75. The van der Waals surface area contributed by atoms with Gasteiger partial charge in [-0.2, -0.15) is 0 Å². The van der Waals surface area contributed by atoms with Crippen molar-refractivity contribution >= 4 is 25.7 Å². The van der Waals surface area contributed by atoms with Gasteiger partial charge >= 0.3 is 0 Å². The second-order valence-corrected chi connectivity index (χ2v) is 7.76.